The molecule has 17 heavy (non-hydrogen) atoms. The van der Waals surface area contributed by atoms with Crippen LogP contribution in [-0.2, 0) is 16.8 Å². The molecular weight excluding hydrogens is 219 g/mol. The lowest BCUT2D eigenvalue weighted by Gasteiger charge is -2.29. The van der Waals surface area contributed by atoms with Crippen molar-refractivity contribution < 1.29 is 14.2 Å². The summed E-state index contributed by atoms with van der Waals surface area (Å²) in [6, 6.07) is 4.94. The Morgan fingerprint density at radius 3 is 2.94 bits per heavy atom. The summed E-state index contributed by atoms with van der Waals surface area (Å²) in [5.74, 6) is -0.212. The minimum Gasteiger partial charge on any atom is -0.501 e. The Hall–Kier alpha value is -1.35. The van der Waals surface area contributed by atoms with Gasteiger partial charge in [-0.1, -0.05) is 12.1 Å². The molecule has 1 aliphatic carbocycles. The van der Waals surface area contributed by atoms with Crippen molar-refractivity contribution in [3.63, 3.8) is 0 Å². The van der Waals surface area contributed by atoms with Crippen molar-refractivity contribution in [3.05, 3.63) is 47.0 Å². The summed E-state index contributed by atoms with van der Waals surface area (Å²) in [5, 5.41) is 10.8. The van der Waals surface area contributed by atoms with Gasteiger partial charge in [0.15, 0.2) is 0 Å². The minimum atomic E-state index is -1.02. The van der Waals surface area contributed by atoms with Crippen LogP contribution in [0.15, 0.2) is 30.0 Å². The van der Waals surface area contributed by atoms with E-state index in [-0.39, 0.29) is 5.82 Å². The van der Waals surface area contributed by atoms with Gasteiger partial charge in [0, 0.05) is 5.57 Å². The Balaban J connectivity index is 2.07. The fourth-order valence-electron chi connectivity index (χ4n) is 2.84. The summed E-state index contributed by atoms with van der Waals surface area (Å²) in [7, 11) is 0. The summed E-state index contributed by atoms with van der Waals surface area (Å²) in [5.41, 5.74) is 1.24. The van der Waals surface area contributed by atoms with Crippen molar-refractivity contribution in [2.24, 2.45) is 0 Å². The highest BCUT2D eigenvalue weighted by Crippen LogP contribution is 2.45. The molecule has 1 aromatic carbocycles. The van der Waals surface area contributed by atoms with Crippen LogP contribution in [-0.4, -0.2) is 11.7 Å². The van der Waals surface area contributed by atoms with Crippen LogP contribution < -0.4 is 0 Å². The molecule has 3 rings (SSSR count). The minimum absolute atomic E-state index is 0.212. The fraction of sp³-hybridized carbons (Fsp3) is 0.429. The van der Waals surface area contributed by atoms with E-state index in [4.69, 9.17) is 4.74 Å². The Labute approximate surface area is 99.7 Å². The number of rotatable bonds is 1. The number of benzene rings is 1. The molecular formula is C14H15FO2. The van der Waals surface area contributed by atoms with Gasteiger partial charge in [-0.3, -0.25) is 0 Å². The molecule has 1 aliphatic heterocycles. The molecule has 0 spiro atoms. The lowest BCUT2D eigenvalue weighted by Crippen LogP contribution is -2.27. The van der Waals surface area contributed by atoms with Crippen LogP contribution >= 0.6 is 0 Å². The normalized spacial score (nSPS) is 27.3. The second-order valence-electron chi connectivity index (χ2n) is 4.74. The van der Waals surface area contributed by atoms with E-state index in [0.29, 0.717) is 30.6 Å². The number of hydrogen-bond acceptors (Lipinski definition) is 2. The van der Waals surface area contributed by atoms with E-state index >= 15 is 0 Å². The number of aliphatic hydroxyl groups is 1. The van der Waals surface area contributed by atoms with E-state index in [1.54, 1.807) is 12.3 Å². The first-order valence-corrected chi connectivity index (χ1v) is 6.03. The average Bonchev–Trinajstić information content (AvgIpc) is 2.72. The van der Waals surface area contributed by atoms with Crippen molar-refractivity contribution in [3.8, 4) is 0 Å². The molecule has 0 saturated carbocycles. The van der Waals surface area contributed by atoms with Crippen molar-refractivity contribution in [1.82, 2.24) is 0 Å². The molecule has 0 fully saturated rings. The second kappa shape index (κ2) is 3.84. The maximum atomic E-state index is 13.6. The van der Waals surface area contributed by atoms with Crippen LogP contribution in [0.4, 0.5) is 4.39 Å². The van der Waals surface area contributed by atoms with Crippen LogP contribution in [0, 0.1) is 5.82 Å². The molecule has 2 nitrogen and oxygen atoms in total. The van der Waals surface area contributed by atoms with E-state index in [9.17, 15) is 9.50 Å². The first-order valence-electron chi connectivity index (χ1n) is 6.03. The zero-order chi connectivity index (χ0) is 11.9. The lowest BCUT2D eigenvalue weighted by atomic mass is 9.85. The van der Waals surface area contributed by atoms with Gasteiger partial charge in [-0.15, -0.1) is 0 Å². The molecule has 1 atom stereocenters. The Kier molecular flexibility index (Phi) is 2.44. The number of fused-ring (bicyclic) bond motifs is 1. The second-order valence-corrected chi connectivity index (χ2v) is 4.74. The van der Waals surface area contributed by atoms with Crippen LogP contribution in [0.2, 0.25) is 0 Å². The first kappa shape index (κ1) is 10.8. The molecule has 2 aliphatic rings. The zero-order valence-electron chi connectivity index (χ0n) is 9.58. The van der Waals surface area contributed by atoms with E-state index in [0.717, 1.165) is 18.4 Å². The Morgan fingerprint density at radius 1 is 1.29 bits per heavy atom. The van der Waals surface area contributed by atoms with Crippen LogP contribution in [0.3, 0.4) is 0 Å². The van der Waals surface area contributed by atoms with E-state index in [1.165, 1.54) is 6.07 Å². The van der Waals surface area contributed by atoms with Crippen molar-refractivity contribution in [2.75, 3.05) is 6.61 Å². The molecule has 0 amide bonds. The maximum Gasteiger partial charge on any atom is 0.126 e. The van der Waals surface area contributed by atoms with Gasteiger partial charge in [0.05, 0.1) is 12.9 Å². The molecule has 0 bridgehead atoms. The maximum absolute atomic E-state index is 13.6. The SMILES string of the molecule is OC1(C2=COCCC2)CCc2c(F)cccc21. The van der Waals surface area contributed by atoms with Gasteiger partial charge in [-0.05, 0) is 42.9 Å². The summed E-state index contributed by atoms with van der Waals surface area (Å²) < 4.78 is 18.9. The van der Waals surface area contributed by atoms with E-state index in [2.05, 4.69) is 0 Å². The molecule has 90 valence electrons. The first-order chi connectivity index (χ1) is 8.22. The van der Waals surface area contributed by atoms with Gasteiger partial charge in [-0.2, -0.15) is 0 Å². The molecule has 1 heterocycles. The molecule has 0 radical (unpaired) electrons. The van der Waals surface area contributed by atoms with Crippen molar-refractivity contribution in [1.29, 1.82) is 0 Å². The summed E-state index contributed by atoms with van der Waals surface area (Å²) >= 11 is 0. The van der Waals surface area contributed by atoms with Crippen molar-refractivity contribution in [2.45, 2.75) is 31.3 Å². The average molecular weight is 234 g/mol. The van der Waals surface area contributed by atoms with Gasteiger partial charge in [0.25, 0.3) is 0 Å². The number of ether oxygens (including phenoxy) is 1. The van der Waals surface area contributed by atoms with Gasteiger partial charge in [0.2, 0.25) is 0 Å². The third-order valence-electron chi connectivity index (χ3n) is 3.77. The van der Waals surface area contributed by atoms with Gasteiger partial charge < -0.3 is 9.84 Å². The topological polar surface area (TPSA) is 29.5 Å². The smallest absolute Gasteiger partial charge is 0.126 e. The predicted octanol–water partition coefficient (Wildman–Crippen LogP) is 2.65. The largest absolute Gasteiger partial charge is 0.501 e. The summed E-state index contributed by atoms with van der Waals surface area (Å²) in [6.07, 6.45) is 4.54. The zero-order valence-corrected chi connectivity index (χ0v) is 9.58. The van der Waals surface area contributed by atoms with Gasteiger partial charge >= 0.3 is 0 Å². The lowest BCUT2D eigenvalue weighted by molar-refractivity contribution is 0.0615. The van der Waals surface area contributed by atoms with Crippen LogP contribution in [0.1, 0.15) is 30.4 Å². The number of halogens is 1. The highest BCUT2D eigenvalue weighted by Gasteiger charge is 2.41. The van der Waals surface area contributed by atoms with Crippen molar-refractivity contribution >= 4 is 0 Å². The highest BCUT2D eigenvalue weighted by atomic mass is 19.1. The molecule has 0 saturated heterocycles. The molecule has 3 heteroatoms. The molecule has 0 aromatic heterocycles. The van der Waals surface area contributed by atoms with Gasteiger partial charge in [-0.25, -0.2) is 4.39 Å². The summed E-state index contributed by atoms with van der Waals surface area (Å²) in [6.45, 7) is 0.704. The predicted molar refractivity (Wildman–Crippen MR) is 61.9 cm³/mol. The third kappa shape index (κ3) is 1.57. The molecule has 1 aromatic rings. The fourth-order valence-corrected chi connectivity index (χ4v) is 2.84. The molecule has 1 unspecified atom stereocenters. The monoisotopic (exact) mass is 234 g/mol. The third-order valence-corrected chi connectivity index (χ3v) is 3.77. The Bertz CT molecular complexity index is 481. The summed E-state index contributed by atoms with van der Waals surface area (Å²) in [4.78, 5) is 0. The number of hydrogen-bond donors (Lipinski definition) is 1. The van der Waals surface area contributed by atoms with E-state index in [1.807, 2.05) is 6.07 Å². The molecule has 1 N–H and O–H groups in total. The Morgan fingerprint density at radius 2 is 2.18 bits per heavy atom. The van der Waals surface area contributed by atoms with E-state index < -0.39 is 5.60 Å². The quantitative estimate of drug-likeness (QED) is 0.809. The standard InChI is InChI=1S/C14H15FO2/c15-13-5-1-4-12-11(13)6-7-14(12,16)10-3-2-8-17-9-10/h1,4-5,9,16H,2-3,6-8H2. The van der Waals surface area contributed by atoms with Gasteiger partial charge in [0.1, 0.15) is 11.4 Å². The van der Waals surface area contributed by atoms with Crippen LogP contribution in [0.25, 0.3) is 0 Å². The highest BCUT2D eigenvalue weighted by molar-refractivity contribution is 5.44. The van der Waals surface area contributed by atoms with Crippen LogP contribution in [0.5, 0.6) is 0 Å².